The molecule has 0 fully saturated rings. The Morgan fingerprint density at radius 2 is 2.00 bits per heavy atom. The highest BCUT2D eigenvalue weighted by Gasteiger charge is 2.14. The number of aromatic nitrogens is 3. The topological polar surface area (TPSA) is 42.7 Å². The lowest BCUT2D eigenvalue weighted by Gasteiger charge is -2.09. The molecule has 1 N–H and O–H groups in total. The molecule has 0 saturated carbocycles. The molecule has 4 rings (SSSR count). The van der Waals surface area contributed by atoms with Crippen LogP contribution >= 0.6 is 0 Å². The Morgan fingerprint density at radius 3 is 2.86 bits per heavy atom. The van der Waals surface area contributed by atoms with Gasteiger partial charge >= 0.3 is 0 Å². The molecule has 104 valence electrons. The van der Waals surface area contributed by atoms with Gasteiger partial charge in [0.15, 0.2) is 0 Å². The predicted octanol–water partition coefficient (Wildman–Crippen LogP) is 3.32. The molecule has 0 amide bonds. The molecule has 1 aromatic carbocycles. The molecule has 0 radical (unpaired) electrons. The van der Waals surface area contributed by atoms with Crippen molar-refractivity contribution in [2.45, 2.75) is 12.8 Å². The summed E-state index contributed by atoms with van der Waals surface area (Å²) in [7, 11) is 1.94. The van der Waals surface area contributed by atoms with Crippen molar-refractivity contribution in [2.75, 3.05) is 5.32 Å². The van der Waals surface area contributed by atoms with Crippen LogP contribution < -0.4 is 5.32 Å². The van der Waals surface area contributed by atoms with Gasteiger partial charge in [-0.05, 0) is 47.7 Å². The van der Waals surface area contributed by atoms with Crippen LogP contribution in [0.4, 0.5) is 11.5 Å². The third-order valence-electron chi connectivity index (χ3n) is 3.95. The first kappa shape index (κ1) is 12.1. The molecule has 0 aliphatic carbocycles. The minimum Gasteiger partial charge on any atom is -0.340 e. The fourth-order valence-corrected chi connectivity index (χ4v) is 2.82. The van der Waals surface area contributed by atoms with Crippen LogP contribution in [0.1, 0.15) is 11.1 Å². The van der Waals surface area contributed by atoms with Crippen molar-refractivity contribution in [3.63, 3.8) is 0 Å². The van der Waals surface area contributed by atoms with Crippen molar-refractivity contribution < 1.29 is 0 Å². The van der Waals surface area contributed by atoms with Crippen LogP contribution in [0.15, 0.2) is 48.9 Å². The van der Waals surface area contributed by atoms with Crippen molar-refractivity contribution in [1.82, 2.24) is 14.8 Å². The third-order valence-corrected chi connectivity index (χ3v) is 3.95. The molecule has 1 aliphatic heterocycles. The molecule has 1 aliphatic rings. The number of nitrogens with zero attached hydrogens (tertiary/aromatic N) is 3. The Bertz CT molecular complexity index is 804. The molecule has 0 saturated heterocycles. The lowest BCUT2D eigenvalue weighted by molar-refractivity contribution is 0.768. The van der Waals surface area contributed by atoms with Crippen LogP contribution in [-0.2, 0) is 19.9 Å². The van der Waals surface area contributed by atoms with Crippen molar-refractivity contribution in [2.24, 2.45) is 7.05 Å². The van der Waals surface area contributed by atoms with E-state index in [9.17, 15) is 0 Å². The van der Waals surface area contributed by atoms with Gasteiger partial charge < -0.3 is 5.32 Å². The number of nitrogens with one attached hydrogen (secondary N) is 1. The first-order valence-electron chi connectivity index (χ1n) is 7.12. The highest BCUT2D eigenvalue weighted by molar-refractivity contribution is 5.71. The minimum absolute atomic E-state index is 0.977. The summed E-state index contributed by atoms with van der Waals surface area (Å²) < 4.78 is 1.83. The van der Waals surface area contributed by atoms with E-state index < -0.39 is 0 Å². The summed E-state index contributed by atoms with van der Waals surface area (Å²) in [5.74, 6) is 0.977. The summed E-state index contributed by atoms with van der Waals surface area (Å²) in [6.45, 7) is 0. The Balaban J connectivity index is 1.74. The lowest BCUT2D eigenvalue weighted by Crippen LogP contribution is -1.95. The number of anilines is 2. The first-order chi connectivity index (χ1) is 10.3. The Hall–Kier alpha value is -2.62. The molecular weight excluding hydrogens is 260 g/mol. The van der Waals surface area contributed by atoms with Crippen LogP contribution in [0.5, 0.6) is 0 Å². The van der Waals surface area contributed by atoms with Crippen LogP contribution in [0, 0.1) is 0 Å². The molecule has 2 aromatic heterocycles. The number of fused-ring (bicyclic) bond motifs is 2. The monoisotopic (exact) mass is 276 g/mol. The summed E-state index contributed by atoms with van der Waals surface area (Å²) in [5, 5.41) is 7.70. The number of benzene rings is 1. The Morgan fingerprint density at radius 1 is 1.10 bits per heavy atom. The maximum atomic E-state index is 4.44. The molecule has 0 bridgehead atoms. The molecule has 0 unspecified atom stereocenters. The minimum atomic E-state index is 0.977. The fraction of sp³-hybridized carbons (Fsp3) is 0.176. The van der Waals surface area contributed by atoms with Gasteiger partial charge in [0.05, 0.1) is 6.20 Å². The number of pyridine rings is 1. The molecular formula is C17H16N4. The lowest BCUT2D eigenvalue weighted by atomic mass is 10.0. The largest absolute Gasteiger partial charge is 0.340 e. The average molecular weight is 276 g/mol. The van der Waals surface area contributed by atoms with Crippen molar-refractivity contribution in [3.05, 3.63) is 60.0 Å². The second-order valence-electron chi connectivity index (χ2n) is 5.41. The molecule has 4 heteroatoms. The van der Waals surface area contributed by atoms with Gasteiger partial charge in [-0.2, -0.15) is 5.10 Å². The Kier molecular flexibility index (Phi) is 2.74. The van der Waals surface area contributed by atoms with Gasteiger partial charge in [-0.15, -0.1) is 0 Å². The zero-order valence-corrected chi connectivity index (χ0v) is 11.9. The summed E-state index contributed by atoms with van der Waals surface area (Å²) in [4.78, 5) is 4.44. The quantitative estimate of drug-likeness (QED) is 0.741. The summed E-state index contributed by atoms with van der Waals surface area (Å²) in [5.41, 5.74) is 6.12. The van der Waals surface area contributed by atoms with Gasteiger partial charge in [0, 0.05) is 30.7 Å². The van der Waals surface area contributed by atoms with E-state index in [0.717, 1.165) is 29.9 Å². The van der Waals surface area contributed by atoms with E-state index in [4.69, 9.17) is 0 Å². The van der Waals surface area contributed by atoms with E-state index in [-0.39, 0.29) is 0 Å². The van der Waals surface area contributed by atoms with E-state index in [0.29, 0.717) is 0 Å². The first-order valence-corrected chi connectivity index (χ1v) is 7.12. The molecule has 0 spiro atoms. The van der Waals surface area contributed by atoms with E-state index >= 15 is 0 Å². The van der Waals surface area contributed by atoms with Crippen molar-refractivity contribution in [3.8, 4) is 11.1 Å². The van der Waals surface area contributed by atoms with E-state index in [2.05, 4.69) is 39.7 Å². The second kappa shape index (κ2) is 4.74. The van der Waals surface area contributed by atoms with Crippen LogP contribution in [0.3, 0.4) is 0 Å². The van der Waals surface area contributed by atoms with Crippen molar-refractivity contribution in [1.29, 1.82) is 0 Å². The van der Waals surface area contributed by atoms with Gasteiger partial charge in [0.2, 0.25) is 0 Å². The average Bonchev–Trinajstić information content (AvgIpc) is 2.85. The Labute approximate surface area is 123 Å². The predicted molar refractivity (Wildman–Crippen MR) is 83.6 cm³/mol. The zero-order valence-electron chi connectivity index (χ0n) is 11.9. The summed E-state index contributed by atoms with van der Waals surface area (Å²) in [6, 6.07) is 10.7. The number of hydrogen-bond acceptors (Lipinski definition) is 3. The van der Waals surface area contributed by atoms with E-state index in [1.54, 1.807) is 0 Å². The van der Waals surface area contributed by atoms with Gasteiger partial charge in [-0.3, -0.25) is 4.68 Å². The number of aryl methyl sites for hydroxylation is 3. The highest BCUT2D eigenvalue weighted by atomic mass is 15.2. The zero-order chi connectivity index (χ0) is 14.2. The maximum Gasteiger partial charge on any atom is 0.133 e. The molecule has 3 heterocycles. The molecule has 0 atom stereocenters. The molecule has 4 nitrogen and oxygen atoms in total. The standard InChI is InChI=1S/C17H16N4/c1-21-11-15(10-19-21)13-6-7-16-14(9-13)5-4-12-3-2-8-18-17(12)20-16/h2-3,6-11H,4-5H2,1H3,(H,18,20). The fourth-order valence-electron chi connectivity index (χ4n) is 2.82. The van der Waals surface area contributed by atoms with E-state index in [1.807, 2.05) is 36.4 Å². The van der Waals surface area contributed by atoms with Gasteiger partial charge in [-0.25, -0.2) is 4.98 Å². The van der Waals surface area contributed by atoms with E-state index in [1.165, 1.54) is 16.7 Å². The normalized spacial score (nSPS) is 13.0. The van der Waals surface area contributed by atoms with Gasteiger partial charge in [0.1, 0.15) is 5.82 Å². The van der Waals surface area contributed by atoms with Crippen LogP contribution in [0.2, 0.25) is 0 Å². The molecule has 21 heavy (non-hydrogen) atoms. The van der Waals surface area contributed by atoms with Gasteiger partial charge in [-0.1, -0.05) is 12.1 Å². The van der Waals surface area contributed by atoms with Crippen LogP contribution in [0.25, 0.3) is 11.1 Å². The smallest absolute Gasteiger partial charge is 0.133 e. The van der Waals surface area contributed by atoms with Crippen LogP contribution in [-0.4, -0.2) is 14.8 Å². The highest BCUT2D eigenvalue weighted by Crippen LogP contribution is 2.31. The number of rotatable bonds is 1. The second-order valence-corrected chi connectivity index (χ2v) is 5.41. The van der Waals surface area contributed by atoms with Gasteiger partial charge in [0.25, 0.3) is 0 Å². The maximum absolute atomic E-state index is 4.44. The third kappa shape index (κ3) is 2.18. The summed E-state index contributed by atoms with van der Waals surface area (Å²) in [6.07, 6.45) is 7.82. The SMILES string of the molecule is Cn1cc(-c2ccc3c(c2)CCc2cccnc2N3)cn1. The summed E-state index contributed by atoms with van der Waals surface area (Å²) >= 11 is 0. The number of hydrogen-bond donors (Lipinski definition) is 1. The molecule has 3 aromatic rings. The van der Waals surface area contributed by atoms with Crippen molar-refractivity contribution >= 4 is 11.5 Å².